The zero-order valence-corrected chi connectivity index (χ0v) is 10.4. The summed E-state index contributed by atoms with van der Waals surface area (Å²) in [5.41, 5.74) is 1.38. The van der Waals surface area contributed by atoms with Gasteiger partial charge in [-0.3, -0.25) is 0 Å². The normalized spacial score (nSPS) is 21.1. The molecule has 2 nitrogen and oxygen atoms in total. The molecule has 0 amide bonds. The lowest BCUT2D eigenvalue weighted by Gasteiger charge is -2.14. The van der Waals surface area contributed by atoms with E-state index in [1.807, 2.05) is 6.07 Å². The first-order valence-electron chi connectivity index (χ1n) is 4.88. The number of halogens is 1. The molecule has 1 aromatic carbocycles. The van der Waals surface area contributed by atoms with E-state index in [2.05, 4.69) is 40.0 Å². The molecule has 0 radical (unpaired) electrons. The summed E-state index contributed by atoms with van der Waals surface area (Å²) >= 11 is 2.37. The molecule has 14 heavy (non-hydrogen) atoms. The Morgan fingerprint density at radius 1 is 1.50 bits per heavy atom. The fourth-order valence-corrected chi connectivity index (χ4v) is 2.86. The molecule has 2 rings (SSSR count). The van der Waals surface area contributed by atoms with E-state index in [0.717, 1.165) is 12.3 Å². The summed E-state index contributed by atoms with van der Waals surface area (Å²) in [6, 6.07) is 6.79. The fourth-order valence-electron chi connectivity index (χ4n) is 1.90. The van der Waals surface area contributed by atoms with E-state index < -0.39 is 0 Å². The maximum absolute atomic E-state index is 5.31. The Labute approximate surface area is 98.2 Å². The van der Waals surface area contributed by atoms with Crippen LogP contribution in [0, 0.1) is 3.57 Å². The fraction of sp³-hybridized carbons (Fsp3) is 0.455. The van der Waals surface area contributed by atoms with Crippen molar-refractivity contribution >= 4 is 22.6 Å². The lowest BCUT2D eigenvalue weighted by atomic mass is 10.1. The van der Waals surface area contributed by atoms with Crippen molar-refractivity contribution in [1.82, 2.24) is 5.32 Å². The maximum Gasteiger partial charge on any atom is 0.132 e. The van der Waals surface area contributed by atoms with Gasteiger partial charge in [0.15, 0.2) is 0 Å². The van der Waals surface area contributed by atoms with Crippen molar-refractivity contribution in [2.24, 2.45) is 0 Å². The number of ether oxygens (including phenoxy) is 1. The molecule has 1 aromatic rings. The van der Waals surface area contributed by atoms with Crippen molar-refractivity contribution in [1.29, 1.82) is 0 Å². The van der Waals surface area contributed by atoms with E-state index in [0.29, 0.717) is 6.04 Å². The van der Waals surface area contributed by atoms with Gasteiger partial charge in [-0.15, -0.1) is 0 Å². The summed E-state index contributed by atoms with van der Waals surface area (Å²) in [5.74, 6) is 0.983. The van der Waals surface area contributed by atoms with Gasteiger partial charge in [0, 0.05) is 6.04 Å². The third-order valence-corrected chi connectivity index (χ3v) is 3.80. The minimum absolute atomic E-state index is 0.525. The third kappa shape index (κ3) is 1.88. The smallest absolute Gasteiger partial charge is 0.132 e. The highest BCUT2D eigenvalue weighted by Crippen LogP contribution is 2.32. The van der Waals surface area contributed by atoms with Crippen LogP contribution in [0.4, 0.5) is 0 Å². The summed E-state index contributed by atoms with van der Waals surface area (Å²) in [6.07, 6.45) is 2.52. The molecule has 1 atom stereocenters. The van der Waals surface area contributed by atoms with Crippen molar-refractivity contribution in [3.8, 4) is 5.75 Å². The Balaban J connectivity index is 2.32. The van der Waals surface area contributed by atoms with Crippen LogP contribution in [0.3, 0.4) is 0 Å². The van der Waals surface area contributed by atoms with Crippen LogP contribution in [0.25, 0.3) is 0 Å². The topological polar surface area (TPSA) is 21.3 Å². The molecule has 0 aliphatic carbocycles. The van der Waals surface area contributed by atoms with Crippen molar-refractivity contribution in [3.05, 3.63) is 27.3 Å². The van der Waals surface area contributed by atoms with Crippen LogP contribution in [-0.2, 0) is 0 Å². The predicted octanol–water partition coefficient (Wildman–Crippen LogP) is 2.72. The highest BCUT2D eigenvalue weighted by atomic mass is 127. The summed E-state index contributed by atoms with van der Waals surface area (Å²) in [4.78, 5) is 0. The molecule has 1 aliphatic rings. The van der Waals surface area contributed by atoms with Gasteiger partial charge in [0.1, 0.15) is 5.75 Å². The third-order valence-electron chi connectivity index (χ3n) is 2.65. The molecule has 1 unspecified atom stereocenters. The first-order chi connectivity index (χ1) is 6.83. The Kier molecular flexibility index (Phi) is 3.28. The van der Waals surface area contributed by atoms with Crippen molar-refractivity contribution in [2.75, 3.05) is 13.7 Å². The molecule has 0 aromatic heterocycles. The van der Waals surface area contributed by atoms with Crippen molar-refractivity contribution in [3.63, 3.8) is 0 Å². The van der Waals surface area contributed by atoms with Crippen LogP contribution in [0.2, 0.25) is 0 Å². The van der Waals surface area contributed by atoms with Gasteiger partial charge < -0.3 is 10.1 Å². The first kappa shape index (κ1) is 10.2. The highest BCUT2D eigenvalue weighted by molar-refractivity contribution is 14.1. The average molecular weight is 303 g/mol. The molecule has 1 fully saturated rings. The second-order valence-electron chi connectivity index (χ2n) is 3.51. The molecule has 0 bridgehead atoms. The molecular weight excluding hydrogens is 289 g/mol. The van der Waals surface area contributed by atoms with E-state index in [9.17, 15) is 0 Å². The standard InChI is InChI=1S/C11H14INO/c1-14-10-6-2-4-8(11(10)12)9-5-3-7-13-9/h2,4,6,9,13H,3,5,7H2,1H3. The van der Waals surface area contributed by atoms with Crippen LogP contribution in [0.5, 0.6) is 5.75 Å². The van der Waals surface area contributed by atoms with Gasteiger partial charge in [-0.05, 0) is 53.6 Å². The van der Waals surface area contributed by atoms with Crippen LogP contribution < -0.4 is 10.1 Å². The second kappa shape index (κ2) is 4.49. The highest BCUT2D eigenvalue weighted by Gasteiger charge is 2.19. The molecule has 1 heterocycles. The first-order valence-corrected chi connectivity index (χ1v) is 5.96. The Hall–Kier alpha value is -0.290. The molecular formula is C11H14INO. The van der Waals surface area contributed by atoms with Crippen molar-refractivity contribution < 1.29 is 4.74 Å². The monoisotopic (exact) mass is 303 g/mol. The summed E-state index contributed by atoms with van der Waals surface area (Å²) in [6.45, 7) is 1.14. The van der Waals surface area contributed by atoms with Crippen LogP contribution >= 0.6 is 22.6 Å². The molecule has 0 saturated carbocycles. The van der Waals surface area contributed by atoms with Crippen LogP contribution in [-0.4, -0.2) is 13.7 Å². The van der Waals surface area contributed by atoms with E-state index in [4.69, 9.17) is 4.74 Å². The largest absolute Gasteiger partial charge is 0.496 e. The molecule has 1 saturated heterocycles. The molecule has 1 N–H and O–H groups in total. The number of nitrogens with one attached hydrogen (secondary N) is 1. The molecule has 3 heteroatoms. The van der Waals surface area contributed by atoms with Crippen LogP contribution in [0.1, 0.15) is 24.4 Å². The Bertz CT molecular complexity index is 321. The lowest BCUT2D eigenvalue weighted by molar-refractivity contribution is 0.410. The number of rotatable bonds is 2. The van der Waals surface area contributed by atoms with Crippen LogP contribution in [0.15, 0.2) is 18.2 Å². The average Bonchev–Trinajstić information content (AvgIpc) is 2.71. The number of benzene rings is 1. The van der Waals surface area contributed by atoms with Gasteiger partial charge in [-0.1, -0.05) is 12.1 Å². The van der Waals surface area contributed by atoms with E-state index in [1.165, 1.54) is 22.0 Å². The van der Waals surface area contributed by atoms with Crippen molar-refractivity contribution in [2.45, 2.75) is 18.9 Å². The molecule has 76 valence electrons. The van der Waals surface area contributed by atoms with Gasteiger partial charge >= 0.3 is 0 Å². The zero-order valence-electron chi connectivity index (χ0n) is 8.22. The Morgan fingerprint density at radius 2 is 2.36 bits per heavy atom. The summed E-state index contributed by atoms with van der Waals surface area (Å²) < 4.78 is 6.55. The van der Waals surface area contributed by atoms with Gasteiger partial charge in [-0.2, -0.15) is 0 Å². The number of hydrogen-bond donors (Lipinski definition) is 1. The Morgan fingerprint density at radius 3 is 3.00 bits per heavy atom. The number of hydrogen-bond acceptors (Lipinski definition) is 2. The van der Waals surface area contributed by atoms with Gasteiger partial charge in [0.2, 0.25) is 0 Å². The minimum atomic E-state index is 0.525. The zero-order chi connectivity index (χ0) is 9.97. The predicted molar refractivity (Wildman–Crippen MR) is 65.7 cm³/mol. The van der Waals surface area contributed by atoms with Gasteiger partial charge in [0.05, 0.1) is 10.7 Å². The number of methoxy groups -OCH3 is 1. The molecule has 0 spiro atoms. The summed E-state index contributed by atoms with van der Waals surface area (Å²) in [5, 5.41) is 3.50. The minimum Gasteiger partial charge on any atom is -0.496 e. The second-order valence-corrected chi connectivity index (χ2v) is 4.59. The van der Waals surface area contributed by atoms with E-state index in [1.54, 1.807) is 7.11 Å². The summed E-state index contributed by atoms with van der Waals surface area (Å²) in [7, 11) is 1.73. The lowest BCUT2D eigenvalue weighted by Crippen LogP contribution is -2.14. The van der Waals surface area contributed by atoms with E-state index >= 15 is 0 Å². The van der Waals surface area contributed by atoms with Gasteiger partial charge in [-0.25, -0.2) is 0 Å². The SMILES string of the molecule is COc1cccc(C2CCCN2)c1I. The van der Waals surface area contributed by atoms with E-state index in [-0.39, 0.29) is 0 Å². The quantitative estimate of drug-likeness (QED) is 0.848. The molecule has 1 aliphatic heterocycles. The van der Waals surface area contributed by atoms with Gasteiger partial charge in [0.25, 0.3) is 0 Å². The maximum atomic E-state index is 5.31.